The summed E-state index contributed by atoms with van der Waals surface area (Å²) in [5, 5.41) is 0. The van der Waals surface area contributed by atoms with E-state index in [4.69, 9.17) is 0 Å². The second-order valence-electron chi connectivity index (χ2n) is 4.65. The first-order chi connectivity index (χ1) is 7.86. The van der Waals surface area contributed by atoms with Gasteiger partial charge in [-0.3, -0.25) is 4.79 Å². The number of rotatable bonds is 3. The van der Waals surface area contributed by atoms with Gasteiger partial charge in [-0.1, -0.05) is 13.8 Å². The monoisotopic (exact) mass is 262 g/mol. The highest BCUT2D eigenvalue weighted by atomic mass is 32.2. The van der Waals surface area contributed by atoms with Crippen molar-refractivity contribution in [2.24, 2.45) is 5.92 Å². The fourth-order valence-corrected chi connectivity index (χ4v) is 2.81. The summed E-state index contributed by atoms with van der Waals surface area (Å²) in [7, 11) is -3.13. The molecule has 0 bridgehead atoms. The molecule has 0 aromatic carbocycles. The van der Waals surface area contributed by atoms with Crippen LogP contribution in [0.5, 0.6) is 0 Å². The Bertz CT molecular complexity index is 367. The zero-order chi connectivity index (χ0) is 13.1. The van der Waals surface area contributed by atoms with E-state index in [9.17, 15) is 13.2 Å². The Balaban J connectivity index is 2.62. The van der Waals surface area contributed by atoms with E-state index in [1.54, 1.807) is 4.90 Å². The SMILES string of the molecule is CCC(C)C(=O)N1CCCN(S(C)(=O)=O)CC1. The van der Waals surface area contributed by atoms with Crippen LogP contribution in [0, 0.1) is 5.92 Å². The lowest BCUT2D eigenvalue weighted by molar-refractivity contribution is -0.134. The van der Waals surface area contributed by atoms with Gasteiger partial charge in [0.15, 0.2) is 0 Å². The van der Waals surface area contributed by atoms with E-state index >= 15 is 0 Å². The van der Waals surface area contributed by atoms with Crippen molar-refractivity contribution in [1.82, 2.24) is 9.21 Å². The summed E-state index contributed by atoms with van der Waals surface area (Å²) < 4.78 is 24.3. The summed E-state index contributed by atoms with van der Waals surface area (Å²) >= 11 is 0. The van der Waals surface area contributed by atoms with Crippen LogP contribution in [-0.4, -0.2) is 56.0 Å². The molecule has 0 spiro atoms. The van der Waals surface area contributed by atoms with E-state index in [1.165, 1.54) is 10.6 Å². The van der Waals surface area contributed by atoms with Gasteiger partial charge in [0.25, 0.3) is 0 Å². The van der Waals surface area contributed by atoms with Crippen LogP contribution in [0.1, 0.15) is 26.7 Å². The van der Waals surface area contributed by atoms with Crippen LogP contribution < -0.4 is 0 Å². The molecule has 1 heterocycles. The largest absolute Gasteiger partial charge is 0.341 e. The lowest BCUT2D eigenvalue weighted by Gasteiger charge is -2.23. The van der Waals surface area contributed by atoms with Gasteiger partial charge in [-0.2, -0.15) is 0 Å². The lowest BCUT2D eigenvalue weighted by atomic mass is 10.1. The van der Waals surface area contributed by atoms with Crippen LogP contribution in [0.15, 0.2) is 0 Å². The minimum absolute atomic E-state index is 0.0276. The fourth-order valence-electron chi connectivity index (χ4n) is 1.93. The maximum atomic E-state index is 12.0. The molecule has 0 N–H and O–H groups in total. The number of carbonyl (C=O) groups excluding carboxylic acids is 1. The van der Waals surface area contributed by atoms with E-state index in [0.29, 0.717) is 26.2 Å². The van der Waals surface area contributed by atoms with Crippen molar-refractivity contribution >= 4 is 15.9 Å². The molecule has 0 aromatic heterocycles. The Kier molecular flexibility index (Phi) is 4.94. The lowest BCUT2D eigenvalue weighted by Crippen LogP contribution is -2.39. The van der Waals surface area contributed by atoms with Crippen molar-refractivity contribution in [3.05, 3.63) is 0 Å². The second kappa shape index (κ2) is 5.82. The maximum absolute atomic E-state index is 12.0. The van der Waals surface area contributed by atoms with Crippen LogP contribution in [0.3, 0.4) is 0 Å². The molecule has 100 valence electrons. The van der Waals surface area contributed by atoms with Crippen molar-refractivity contribution in [1.29, 1.82) is 0 Å². The molecular weight excluding hydrogens is 240 g/mol. The van der Waals surface area contributed by atoms with Crippen molar-refractivity contribution in [3.63, 3.8) is 0 Å². The summed E-state index contributed by atoms with van der Waals surface area (Å²) in [6, 6.07) is 0. The number of hydrogen-bond acceptors (Lipinski definition) is 3. The van der Waals surface area contributed by atoms with Gasteiger partial charge in [0.05, 0.1) is 6.26 Å². The molecule has 1 saturated heterocycles. The molecule has 1 atom stereocenters. The van der Waals surface area contributed by atoms with E-state index in [2.05, 4.69) is 0 Å². The van der Waals surface area contributed by atoms with Gasteiger partial charge in [0.2, 0.25) is 15.9 Å². The first-order valence-electron chi connectivity index (χ1n) is 6.10. The standard InChI is InChI=1S/C11H22N2O3S/c1-4-10(2)11(14)12-6-5-7-13(9-8-12)17(3,15)16/h10H,4-9H2,1-3H3. The molecule has 1 rings (SSSR count). The van der Waals surface area contributed by atoms with Gasteiger partial charge in [0.1, 0.15) is 0 Å². The van der Waals surface area contributed by atoms with Crippen molar-refractivity contribution in [2.45, 2.75) is 26.7 Å². The maximum Gasteiger partial charge on any atom is 0.225 e. The summed E-state index contributed by atoms with van der Waals surface area (Å²) in [6.07, 6.45) is 2.76. The third-order valence-electron chi connectivity index (χ3n) is 3.27. The highest BCUT2D eigenvalue weighted by Gasteiger charge is 2.25. The predicted octanol–water partition coefficient (Wildman–Crippen LogP) is 0.526. The average Bonchev–Trinajstić information content (AvgIpc) is 2.51. The molecule has 1 aliphatic rings. The second-order valence-corrected chi connectivity index (χ2v) is 6.63. The molecule has 1 aliphatic heterocycles. The molecule has 0 saturated carbocycles. The quantitative estimate of drug-likeness (QED) is 0.745. The number of hydrogen-bond donors (Lipinski definition) is 0. The van der Waals surface area contributed by atoms with Gasteiger partial charge in [-0.05, 0) is 12.8 Å². The Morgan fingerprint density at radius 2 is 1.88 bits per heavy atom. The molecule has 0 aliphatic carbocycles. The number of nitrogens with zero attached hydrogens (tertiary/aromatic N) is 2. The van der Waals surface area contributed by atoms with Crippen molar-refractivity contribution in [2.75, 3.05) is 32.4 Å². The molecule has 1 fully saturated rings. The van der Waals surface area contributed by atoms with Gasteiger partial charge in [0, 0.05) is 32.1 Å². The minimum atomic E-state index is -3.13. The van der Waals surface area contributed by atoms with E-state index in [-0.39, 0.29) is 11.8 Å². The van der Waals surface area contributed by atoms with Gasteiger partial charge < -0.3 is 4.90 Å². The van der Waals surface area contributed by atoms with E-state index in [0.717, 1.165) is 12.8 Å². The molecule has 0 radical (unpaired) electrons. The first kappa shape index (κ1) is 14.4. The van der Waals surface area contributed by atoms with Crippen LogP contribution >= 0.6 is 0 Å². The normalized spacial score (nSPS) is 21.0. The van der Waals surface area contributed by atoms with E-state index < -0.39 is 10.0 Å². The van der Waals surface area contributed by atoms with Gasteiger partial charge in [-0.25, -0.2) is 12.7 Å². The number of amides is 1. The fraction of sp³-hybridized carbons (Fsp3) is 0.909. The van der Waals surface area contributed by atoms with Crippen LogP contribution in [-0.2, 0) is 14.8 Å². The first-order valence-corrected chi connectivity index (χ1v) is 7.95. The number of sulfonamides is 1. The minimum Gasteiger partial charge on any atom is -0.341 e. The highest BCUT2D eigenvalue weighted by Crippen LogP contribution is 2.11. The summed E-state index contributed by atoms with van der Waals surface area (Å²) in [6.45, 7) is 6.01. The molecule has 0 aromatic rings. The zero-order valence-corrected chi connectivity index (χ0v) is 11.7. The summed E-state index contributed by atoms with van der Waals surface area (Å²) in [5.74, 6) is 0.169. The van der Waals surface area contributed by atoms with Gasteiger partial charge in [-0.15, -0.1) is 0 Å². The Morgan fingerprint density at radius 1 is 1.24 bits per heavy atom. The third-order valence-corrected chi connectivity index (χ3v) is 4.57. The summed E-state index contributed by atoms with van der Waals surface area (Å²) in [4.78, 5) is 13.8. The van der Waals surface area contributed by atoms with E-state index in [1.807, 2.05) is 13.8 Å². The molecular formula is C11H22N2O3S. The Labute approximate surface area is 104 Å². The topological polar surface area (TPSA) is 57.7 Å². The van der Waals surface area contributed by atoms with Gasteiger partial charge >= 0.3 is 0 Å². The molecule has 1 unspecified atom stereocenters. The van der Waals surface area contributed by atoms with Crippen LogP contribution in [0.2, 0.25) is 0 Å². The predicted molar refractivity (Wildman–Crippen MR) is 67.1 cm³/mol. The highest BCUT2D eigenvalue weighted by molar-refractivity contribution is 7.88. The zero-order valence-electron chi connectivity index (χ0n) is 10.8. The van der Waals surface area contributed by atoms with Crippen molar-refractivity contribution in [3.8, 4) is 0 Å². The third kappa shape index (κ3) is 3.96. The number of carbonyl (C=O) groups is 1. The summed E-state index contributed by atoms with van der Waals surface area (Å²) in [5.41, 5.74) is 0. The average molecular weight is 262 g/mol. The molecule has 6 heteroatoms. The Morgan fingerprint density at radius 3 is 2.41 bits per heavy atom. The molecule has 17 heavy (non-hydrogen) atoms. The molecule has 5 nitrogen and oxygen atoms in total. The van der Waals surface area contributed by atoms with Crippen molar-refractivity contribution < 1.29 is 13.2 Å². The Hall–Kier alpha value is -0.620. The van der Waals surface area contributed by atoms with Crippen LogP contribution in [0.4, 0.5) is 0 Å². The smallest absolute Gasteiger partial charge is 0.225 e. The molecule has 1 amide bonds. The van der Waals surface area contributed by atoms with Crippen LogP contribution in [0.25, 0.3) is 0 Å².